The second-order valence-electron chi connectivity index (χ2n) is 7.52. The summed E-state index contributed by atoms with van der Waals surface area (Å²) in [6.07, 6.45) is -5.05. The fourth-order valence-electron chi connectivity index (χ4n) is 3.64. The number of carbonyl (C=O) groups excluding carboxylic acids is 1. The van der Waals surface area contributed by atoms with Crippen LogP contribution in [-0.2, 0) is 15.7 Å². The van der Waals surface area contributed by atoms with Gasteiger partial charge >= 0.3 is 17.8 Å². The lowest BCUT2D eigenvalue weighted by molar-refractivity contribution is -0.143. The standard InChI is InChI=1S/C23H18F3NO5/c1-11(2)30-22(29)18-16(12-7-9-13(10-8-12)23(24,25)26)17-19(32-20(18)27)14-5-3-4-6-15(14)31-21(17)28/h3-11,16H,27H2,1-2H3. The maximum absolute atomic E-state index is 13.1. The SMILES string of the molecule is CC(C)OC(=O)C1=C(N)Oc2c(c(=O)oc3ccccc23)C1c1ccc(C(F)(F)F)cc1. The van der Waals surface area contributed by atoms with Crippen molar-refractivity contribution in [2.45, 2.75) is 32.0 Å². The van der Waals surface area contributed by atoms with Crippen molar-refractivity contribution in [2.24, 2.45) is 5.73 Å². The van der Waals surface area contributed by atoms with E-state index < -0.39 is 35.4 Å². The molecule has 0 saturated carbocycles. The van der Waals surface area contributed by atoms with Gasteiger partial charge in [0, 0.05) is 0 Å². The van der Waals surface area contributed by atoms with E-state index in [0.29, 0.717) is 5.39 Å². The van der Waals surface area contributed by atoms with Crippen molar-refractivity contribution in [2.75, 3.05) is 0 Å². The van der Waals surface area contributed by atoms with Crippen LogP contribution in [0.3, 0.4) is 0 Å². The average molecular weight is 445 g/mol. The molecule has 0 fully saturated rings. The van der Waals surface area contributed by atoms with E-state index in [0.717, 1.165) is 12.1 Å². The highest BCUT2D eigenvalue weighted by atomic mass is 19.4. The Balaban J connectivity index is 1.97. The van der Waals surface area contributed by atoms with Crippen molar-refractivity contribution in [3.63, 3.8) is 0 Å². The van der Waals surface area contributed by atoms with E-state index >= 15 is 0 Å². The Morgan fingerprint density at radius 1 is 1.09 bits per heavy atom. The summed E-state index contributed by atoms with van der Waals surface area (Å²) in [6.45, 7) is 3.25. The molecule has 1 atom stereocenters. The Morgan fingerprint density at radius 2 is 1.75 bits per heavy atom. The van der Waals surface area contributed by atoms with Gasteiger partial charge in [-0.05, 0) is 43.7 Å². The third kappa shape index (κ3) is 3.70. The molecule has 9 heteroatoms. The Kier molecular flexibility index (Phi) is 5.20. The number of rotatable bonds is 3. The lowest BCUT2D eigenvalue weighted by Crippen LogP contribution is -2.31. The van der Waals surface area contributed by atoms with Crippen molar-refractivity contribution in [1.29, 1.82) is 0 Å². The molecule has 4 rings (SSSR count). The summed E-state index contributed by atoms with van der Waals surface area (Å²) in [7, 11) is 0. The second kappa shape index (κ2) is 7.74. The van der Waals surface area contributed by atoms with Gasteiger partial charge in [-0.25, -0.2) is 9.59 Å². The van der Waals surface area contributed by atoms with E-state index in [1.54, 1.807) is 38.1 Å². The summed E-state index contributed by atoms with van der Waals surface area (Å²) in [6, 6.07) is 10.7. The molecule has 0 aliphatic carbocycles. The van der Waals surface area contributed by atoms with Crippen LogP contribution in [0, 0.1) is 0 Å². The summed E-state index contributed by atoms with van der Waals surface area (Å²) < 4.78 is 55.5. The first-order valence-electron chi connectivity index (χ1n) is 9.69. The molecular formula is C23H18F3NO5. The van der Waals surface area contributed by atoms with Crippen LogP contribution < -0.4 is 16.1 Å². The minimum atomic E-state index is -4.55. The van der Waals surface area contributed by atoms with Crippen LogP contribution in [0.4, 0.5) is 13.2 Å². The average Bonchev–Trinajstić information content (AvgIpc) is 2.71. The Hall–Kier alpha value is -3.75. The first-order valence-corrected chi connectivity index (χ1v) is 9.69. The van der Waals surface area contributed by atoms with Crippen molar-refractivity contribution in [3.05, 3.63) is 87.1 Å². The maximum atomic E-state index is 13.1. The summed E-state index contributed by atoms with van der Waals surface area (Å²) in [5.74, 6) is -2.21. The number of esters is 1. The molecule has 6 nitrogen and oxygen atoms in total. The van der Waals surface area contributed by atoms with Crippen molar-refractivity contribution >= 4 is 16.9 Å². The molecule has 2 N–H and O–H groups in total. The molecule has 0 radical (unpaired) electrons. The van der Waals surface area contributed by atoms with Gasteiger partial charge in [0.15, 0.2) is 5.75 Å². The molecule has 1 unspecified atom stereocenters. The number of carbonyl (C=O) groups is 1. The van der Waals surface area contributed by atoms with Crippen LogP contribution in [0.5, 0.6) is 5.75 Å². The van der Waals surface area contributed by atoms with Gasteiger partial charge in [-0.15, -0.1) is 0 Å². The third-order valence-corrected chi connectivity index (χ3v) is 4.99. The summed E-state index contributed by atoms with van der Waals surface area (Å²) in [5, 5.41) is 0.429. The predicted molar refractivity (Wildman–Crippen MR) is 109 cm³/mol. The molecule has 32 heavy (non-hydrogen) atoms. The van der Waals surface area contributed by atoms with Crippen LogP contribution in [0.2, 0.25) is 0 Å². The molecule has 0 spiro atoms. The molecular weight excluding hydrogens is 427 g/mol. The molecule has 1 aromatic heterocycles. The fraction of sp³-hybridized carbons (Fsp3) is 0.217. The van der Waals surface area contributed by atoms with Crippen molar-refractivity contribution in [3.8, 4) is 5.75 Å². The molecule has 2 heterocycles. The van der Waals surface area contributed by atoms with E-state index in [1.807, 2.05) is 0 Å². The van der Waals surface area contributed by atoms with E-state index in [9.17, 15) is 22.8 Å². The third-order valence-electron chi connectivity index (χ3n) is 4.99. The van der Waals surface area contributed by atoms with Crippen molar-refractivity contribution < 1.29 is 31.9 Å². The van der Waals surface area contributed by atoms with Gasteiger partial charge in [-0.2, -0.15) is 13.2 Å². The number of hydrogen-bond acceptors (Lipinski definition) is 6. The van der Waals surface area contributed by atoms with Gasteiger partial charge in [0.1, 0.15) is 11.2 Å². The van der Waals surface area contributed by atoms with E-state index in [2.05, 4.69) is 0 Å². The Labute approximate surface area is 180 Å². The Morgan fingerprint density at radius 3 is 2.38 bits per heavy atom. The Bertz CT molecular complexity index is 1290. The number of alkyl halides is 3. The normalized spacial score (nSPS) is 16.1. The molecule has 2 aromatic carbocycles. The van der Waals surface area contributed by atoms with Gasteiger partial charge in [0.25, 0.3) is 0 Å². The van der Waals surface area contributed by atoms with Gasteiger partial charge < -0.3 is 19.6 Å². The first kappa shape index (κ1) is 21.5. The minimum absolute atomic E-state index is 0.0478. The zero-order valence-corrected chi connectivity index (χ0v) is 17.0. The van der Waals surface area contributed by atoms with Crippen LogP contribution in [0.15, 0.2) is 69.2 Å². The summed E-state index contributed by atoms with van der Waals surface area (Å²) >= 11 is 0. The highest BCUT2D eigenvalue weighted by Gasteiger charge is 2.40. The monoisotopic (exact) mass is 445 g/mol. The van der Waals surface area contributed by atoms with Crippen LogP contribution >= 0.6 is 0 Å². The van der Waals surface area contributed by atoms with E-state index in [4.69, 9.17) is 19.6 Å². The number of fused-ring (bicyclic) bond motifs is 3. The van der Waals surface area contributed by atoms with Gasteiger partial charge in [-0.3, -0.25) is 0 Å². The molecule has 1 aliphatic heterocycles. The van der Waals surface area contributed by atoms with Crippen molar-refractivity contribution in [1.82, 2.24) is 0 Å². The largest absolute Gasteiger partial charge is 0.459 e. The number of ether oxygens (including phenoxy) is 2. The highest BCUT2D eigenvalue weighted by Crippen LogP contribution is 2.44. The molecule has 3 aromatic rings. The van der Waals surface area contributed by atoms with Gasteiger partial charge in [0.2, 0.25) is 5.88 Å². The van der Waals surface area contributed by atoms with Gasteiger partial charge in [-0.1, -0.05) is 24.3 Å². The predicted octanol–water partition coefficient (Wildman–Crippen LogP) is 4.46. The van der Waals surface area contributed by atoms with Crippen LogP contribution in [0.25, 0.3) is 11.0 Å². The number of para-hydroxylation sites is 1. The highest BCUT2D eigenvalue weighted by molar-refractivity contribution is 5.94. The van der Waals surface area contributed by atoms with Crippen LogP contribution in [-0.4, -0.2) is 12.1 Å². The molecule has 166 valence electrons. The topological polar surface area (TPSA) is 91.8 Å². The number of benzene rings is 2. The maximum Gasteiger partial charge on any atom is 0.416 e. The molecule has 1 aliphatic rings. The molecule has 0 saturated heterocycles. The fourth-order valence-corrected chi connectivity index (χ4v) is 3.64. The quantitative estimate of drug-likeness (QED) is 0.473. The number of halogens is 3. The summed E-state index contributed by atoms with van der Waals surface area (Å²) in [5.41, 5.74) is 4.64. The van der Waals surface area contributed by atoms with Gasteiger partial charge in [0.05, 0.1) is 28.5 Å². The first-order chi connectivity index (χ1) is 15.1. The second-order valence-corrected chi connectivity index (χ2v) is 7.52. The zero-order valence-electron chi connectivity index (χ0n) is 17.0. The van der Waals surface area contributed by atoms with E-state index in [1.165, 1.54) is 12.1 Å². The van der Waals surface area contributed by atoms with E-state index in [-0.39, 0.29) is 33.9 Å². The smallest absolute Gasteiger partial charge is 0.416 e. The lowest BCUT2D eigenvalue weighted by atomic mass is 9.83. The zero-order chi connectivity index (χ0) is 23.2. The minimum Gasteiger partial charge on any atom is -0.459 e. The summed E-state index contributed by atoms with van der Waals surface area (Å²) in [4.78, 5) is 25.8. The lowest BCUT2D eigenvalue weighted by Gasteiger charge is -2.28. The number of nitrogens with two attached hydrogens (primary N) is 1. The number of hydrogen-bond donors (Lipinski definition) is 1. The molecule has 0 bridgehead atoms. The van der Waals surface area contributed by atoms with Crippen LogP contribution in [0.1, 0.15) is 36.5 Å². The molecule has 0 amide bonds.